The normalized spacial score (nSPS) is 19.7. The number of hydrogen-bond acceptors (Lipinski definition) is 6. The Bertz CT molecular complexity index is 999. The van der Waals surface area contributed by atoms with E-state index in [0.29, 0.717) is 30.0 Å². The van der Waals surface area contributed by atoms with E-state index in [1.54, 1.807) is 0 Å². The van der Waals surface area contributed by atoms with Gasteiger partial charge in [0.1, 0.15) is 11.3 Å². The molecule has 1 saturated heterocycles. The number of piperazine rings is 1. The predicted octanol–water partition coefficient (Wildman–Crippen LogP) is 2.07. The van der Waals surface area contributed by atoms with Crippen LogP contribution in [0.5, 0.6) is 5.75 Å². The van der Waals surface area contributed by atoms with E-state index in [9.17, 15) is 9.59 Å². The molecular formula is C20H24FN3O4. The van der Waals surface area contributed by atoms with E-state index >= 15 is 4.39 Å². The van der Waals surface area contributed by atoms with Crippen molar-refractivity contribution in [3.05, 3.63) is 33.9 Å². The van der Waals surface area contributed by atoms with E-state index in [1.807, 2.05) is 16.4 Å². The molecule has 2 aromatic rings. The van der Waals surface area contributed by atoms with Crippen LogP contribution in [0.25, 0.3) is 10.9 Å². The summed E-state index contributed by atoms with van der Waals surface area (Å²) in [4.78, 5) is 27.0. The summed E-state index contributed by atoms with van der Waals surface area (Å²) in [5, 5.41) is 3.47. The molecule has 0 radical (unpaired) electrons. The molecule has 1 unspecified atom stereocenters. The van der Waals surface area contributed by atoms with Crippen molar-refractivity contribution in [3.63, 3.8) is 0 Å². The third-order valence-electron chi connectivity index (χ3n) is 5.43. The van der Waals surface area contributed by atoms with E-state index in [0.717, 1.165) is 19.4 Å². The SMILES string of the molecule is COC(=O)c1cn(C2CC2)c2c(OC)c(N3CCNC(C)C3)c(F)cc2c1=O. The average molecular weight is 389 g/mol. The third-order valence-corrected chi connectivity index (χ3v) is 5.43. The van der Waals surface area contributed by atoms with Crippen molar-refractivity contribution in [2.75, 3.05) is 38.8 Å². The molecule has 28 heavy (non-hydrogen) atoms. The molecule has 0 bridgehead atoms. The van der Waals surface area contributed by atoms with Gasteiger partial charge in [0.25, 0.3) is 0 Å². The number of benzene rings is 1. The van der Waals surface area contributed by atoms with Gasteiger partial charge in [-0.15, -0.1) is 0 Å². The van der Waals surface area contributed by atoms with Crippen LogP contribution in [0, 0.1) is 5.82 Å². The summed E-state index contributed by atoms with van der Waals surface area (Å²) in [5.41, 5.74) is 0.260. The van der Waals surface area contributed by atoms with Gasteiger partial charge in [0, 0.05) is 37.9 Å². The molecule has 8 heteroatoms. The lowest BCUT2D eigenvalue weighted by Gasteiger charge is -2.35. The lowest BCUT2D eigenvalue weighted by molar-refractivity contribution is 0.0598. The van der Waals surface area contributed by atoms with Crippen LogP contribution in [0.2, 0.25) is 0 Å². The number of nitrogens with one attached hydrogen (secondary N) is 1. The molecule has 1 aliphatic heterocycles. The van der Waals surface area contributed by atoms with Crippen molar-refractivity contribution in [2.45, 2.75) is 31.8 Å². The van der Waals surface area contributed by atoms with Crippen molar-refractivity contribution in [2.24, 2.45) is 0 Å². The third kappa shape index (κ3) is 3.01. The Morgan fingerprint density at radius 3 is 2.68 bits per heavy atom. The van der Waals surface area contributed by atoms with Crippen LogP contribution >= 0.6 is 0 Å². The fourth-order valence-corrected chi connectivity index (χ4v) is 3.96. The van der Waals surface area contributed by atoms with Gasteiger partial charge in [-0.2, -0.15) is 0 Å². The molecule has 2 fully saturated rings. The van der Waals surface area contributed by atoms with Gasteiger partial charge >= 0.3 is 5.97 Å². The van der Waals surface area contributed by atoms with Crippen LogP contribution < -0.4 is 20.4 Å². The zero-order valence-electron chi connectivity index (χ0n) is 16.3. The summed E-state index contributed by atoms with van der Waals surface area (Å²) in [7, 11) is 2.71. The van der Waals surface area contributed by atoms with Gasteiger partial charge in [-0.1, -0.05) is 0 Å². The highest BCUT2D eigenvalue weighted by Crippen LogP contribution is 2.43. The van der Waals surface area contributed by atoms with Crippen LogP contribution in [0.15, 0.2) is 17.1 Å². The molecular weight excluding hydrogens is 365 g/mol. The van der Waals surface area contributed by atoms with E-state index in [2.05, 4.69) is 5.32 Å². The molecule has 4 rings (SSSR count). The molecule has 1 aliphatic carbocycles. The van der Waals surface area contributed by atoms with Gasteiger partial charge in [0.15, 0.2) is 11.6 Å². The van der Waals surface area contributed by atoms with E-state index < -0.39 is 17.2 Å². The van der Waals surface area contributed by atoms with E-state index in [1.165, 1.54) is 26.5 Å². The van der Waals surface area contributed by atoms with E-state index in [4.69, 9.17) is 9.47 Å². The maximum atomic E-state index is 15.2. The standard InChI is InChI=1S/C20H24FN3O4/c1-11-9-23(7-6-22-11)17-15(21)8-13-16(19(17)27-2)24(12-4-5-12)10-14(18(13)25)20(26)28-3/h8,10-12,22H,4-7,9H2,1-3H3. The number of fused-ring (bicyclic) bond motifs is 1. The van der Waals surface area contributed by atoms with Gasteiger partial charge in [0.2, 0.25) is 5.43 Å². The van der Waals surface area contributed by atoms with Crippen LogP contribution in [0.3, 0.4) is 0 Å². The topological polar surface area (TPSA) is 72.8 Å². The minimum absolute atomic E-state index is 0.0908. The Labute approximate surface area is 162 Å². The van der Waals surface area contributed by atoms with Crippen molar-refractivity contribution in [1.82, 2.24) is 9.88 Å². The molecule has 1 aromatic heterocycles. The quantitative estimate of drug-likeness (QED) is 0.807. The molecule has 0 amide bonds. The minimum Gasteiger partial charge on any atom is -0.492 e. The number of anilines is 1. The summed E-state index contributed by atoms with van der Waals surface area (Å²) in [6.07, 6.45) is 3.39. The van der Waals surface area contributed by atoms with E-state index in [-0.39, 0.29) is 23.0 Å². The fraction of sp³-hybridized carbons (Fsp3) is 0.500. The number of halogens is 1. The van der Waals surface area contributed by atoms with Crippen molar-refractivity contribution >= 4 is 22.6 Å². The molecule has 1 saturated carbocycles. The van der Waals surface area contributed by atoms with Crippen molar-refractivity contribution in [1.29, 1.82) is 0 Å². The number of ether oxygens (including phenoxy) is 2. The molecule has 2 heterocycles. The summed E-state index contributed by atoms with van der Waals surface area (Å²) in [6.45, 7) is 4.04. The summed E-state index contributed by atoms with van der Waals surface area (Å²) in [6, 6.07) is 1.59. The van der Waals surface area contributed by atoms with Gasteiger partial charge in [-0.3, -0.25) is 4.79 Å². The Hall–Kier alpha value is -2.61. The average Bonchev–Trinajstić information content (AvgIpc) is 3.52. The van der Waals surface area contributed by atoms with Crippen molar-refractivity contribution < 1.29 is 18.7 Å². The van der Waals surface area contributed by atoms with Gasteiger partial charge in [-0.25, -0.2) is 9.18 Å². The smallest absolute Gasteiger partial charge is 0.343 e. The molecule has 7 nitrogen and oxygen atoms in total. The number of carbonyl (C=O) groups excluding carboxylic acids is 1. The Morgan fingerprint density at radius 2 is 2.07 bits per heavy atom. The van der Waals surface area contributed by atoms with Gasteiger partial charge in [0.05, 0.1) is 25.1 Å². The van der Waals surface area contributed by atoms with Crippen LogP contribution in [-0.4, -0.2) is 50.4 Å². The molecule has 1 aromatic carbocycles. The lowest BCUT2D eigenvalue weighted by Crippen LogP contribution is -2.49. The Balaban J connectivity index is 2.02. The second kappa shape index (κ2) is 7.09. The first-order chi connectivity index (χ1) is 13.5. The zero-order valence-corrected chi connectivity index (χ0v) is 16.3. The zero-order chi connectivity index (χ0) is 20.0. The highest BCUT2D eigenvalue weighted by atomic mass is 19.1. The maximum Gasteiger partial charge on any atom is 0.343 e. The number of pyridine rings is 1. The second-order valence-electron chi connectivity index (χ2n) is 7.44. The summed E-state index contributed by atoms with van der Waals surface area (Å²) < 4.78 is 27.5. The number of rotatable bonds is 4. The predicted molar refractivity (Wildman–Crippen MR) is 104 cm³/mol. The molecule has 1 atom stereocenters. The van der Waals surface area contributed by atoms with Crippen LogP contribution in [0.4, 0.5) is 10.1 Å². The first-order valence-electron chi connectivity index (χ1n) is 9.48. The molecule has 1 N–H and O–H groups in total. The first-order valence-corrected chi connectivity index (χ1v) is 9.48. The minimum atomic E-state index is -0.722. The fourth-order valence-electron chi connectivity index (χ4n) is 3.96. The molecule has 2 aliphatic rings. The monoisotopic (exact) mass is 389 g/mol. The second-order valence-corrected chi connectivity index (χ2v) is 7.44. The Morgan fingerprint density at radius 1 is 1.32 bits per heavy atom. The summed E-state index contributed by atoms with van der Waals surface area (Å²) in [5.74, 6) is -0.912. The largest absolute Gasteiger partial charge is 0.492 e. The highest BCUT2D eigenvalue weighted by Gasteiger charge is 2.32. The number of esters is 1. The summed E-state index contributed by atoms with van der Waals surface area (Å²) >= 11 is 0. The van der Waals surface area contributed by atoms with Gasteiger partial charge in [-0.05, 0) is 25.8 Å². The number of nitrogens with zero attached hydrogens (tertiary/aromatic N) is 2. The highest BCUT2D eigenvalue weighted by molar-refractivity contribution is 5.97. The maximum absolute atomic E-state index is 15.2. The Kier molecular flexibility index (Phi) is 4.74. The van der Waals surface area contributed by atoms with Crippen molar-refractivity contribution in [3.8, 4) is 5.75 Å². The lowest BCUT2D eigenvalue weighted by atomic mass is 10.1. The number of aromatic nitrogens is 1. The van der Waals surface area contributed by atoms with Gasteiger partial charge < -0.3 is 24.3 Å². The molecule has 0 spiro atoms. The number of carbonyl (C=O) groups is 1. The number of methoxy groups -OCH3 is 2. The molecule has 150 valence electrons. The first kappa shape index (κ1) is 18.7. The van der Waals surface area contributed by atoms with Crippen LogP contribution in [-0.2, 0) is 4.74 Å². The van der Waals surface area contributed by atoms with Crippen LogP contribution in [0.1, 0.15) is 36.2 Å². The number of hydrogen-bond donors (Lipinski definition) is 1.